The van der Waals surface area contributed by atoms with Gasteiger partial charge in [-0.25, -0.2) is 4.79 Å². The van der Waals surface area contributed by atoms with Crippen LogP contribution in [0.4, 0.5) is 9.80 Å². The molecule has 6 nitrogen and oxygen atoms in total. The van der Waals surface area contributed by atoms with Crippen LogP contribution in [-0.2, 0) is 17.8 Å². The van der Waals surface area contributed by atoms with Gasteiger partial charge in [-0.2, -0.15) is 0 Å². The van der Waals surface area contributed by atoms with Gasteiger partial charge in [-0.3, -0.25) is 10.1 Å². The van der Waals surface area contributed by atoms with Gasteiger partial charge in [-0.05, 0) is 48.0 Å². The molecule has 0 spiro atoms. The summed E-state index contributed by atoms with van der Waals surface area (Å²) in [4.78, 5) is 25.5. The van der Waals surface area contributed by atoms with Crippen molar-refractivity contribution in [2.75, 3.05) is 11.9 Å². The van der Waals surface area contributed by atoms with Crippen molar-refractivity contribution < 1.29 is 14.3 Å². The minimum Gasteiger partial charge on any atom is -0.376 e. The van der Waals surface area contributed by atoms with Crippen LogP contribution in [0.25, 0.3) is 0 Å². The van der Waals surface area contributed by atoms with E-state index in [1.807, 2.05) is 0 Å². The molecule has 142 valence electrons. The average molecular weight is 378 g/mol. The Bertz CT molecular complexity index is 757. The van der Waals surface area contributed by atoms with Gasteiger partial charge in [0.25, 0.3) is 5.91 Å². The van der Waals surface area contributed by atoms with Crippen molar-refractivity contribution in [3.05, 3.63) is 16.0 Å². The molecule has 3 amide bonds. The Morgan fingerprint density at radius 2 is 2.08 bits per heavy atom. The second kappa shape index (κ2) is 6.23. The van der Waals surface area contributed by atoms with Gasteiger partial charge in [0.2, 0.25) is 0 Å². The summed E-state index contributed by atoms with van der Waals surface area (Å²) in [5.74, 6) is 1.32. The molecule has 1 unspecified atom stereocenters. The zero-order valence-corrected chi connectivity index (χ0v) is 16.4. The van der Waals surface area contributed by atoms with Gasteiger partial charge >= 0.3 is 6.03 Å². The lowest BCUT2D eigenvalue weighted by Gasteiger charge is -2.62. The van der Waals surface area contributed by atoms with Crippen LogP contribution >= 0.6 is 11.3 Å². The summed E-state index contributed by atoms with van der Waals surface area (Å²) in [5, 5.41) is 6.56. The first-order chi connectivity index (χ1) is 12.3. The third-order valence-electron chi connectivity index (χ3n) is 6.96. The van der Waals surface area contributed by atoms with Crippen LogP contribution in [0.3, 0.4) is 0 Å². The number of nitrogens with one attached hydrogen (secondary N) is 2. The van der Waals surface area contributed by atoms with E-state index in [-0.39, 0.29) is 12.1 Å². The van der Waals surface area contributed by atoms with Gasteiger partial charge < -0.3 is 15.8 Å². The molecule has 7 heteroatoms. The van der Waals surface area contributed by atoms with Gasteiger partial charge in [0.1, 0.15) is 5.00 Å². The third-order valence-corrected chi connectivity index (χ3v) is 8.09. The number of thiophene rings is 1. The average Bonchev–Trinajstić information content (AvgIpc) is 2.93. The maximum atomic E-state index is 12.6. The van der Waals surface area contributed by atoms with E-state index in [0.717, 1.165) is 16.9 Å². The molecule has 0 radical (unpaired) electrons. The summed E-state index contributed by atoms with van der Waals surface area (Å²) in [6.45, 7) is 7.98. The lowest BCUT2D eigenvalue weighted by molar-refractivity contribution is -0.112. The Morgan fingerprint density at radius 3 is 2.73 bits per heavy atom. The van der Waals surface area contributed by atoms with Crippen LogP contribution in [0.15, 0.2) is 0 Å². The molecule has 3 fully saturated rings. The highest BCUT2D eigenvalue weighted by Crippen LogP contribution is 2.61. The fourth-order valence-corrected chi connectivity index (χ4v) is 6.41. The van der Waals surface area contributed by atoms with Gasteiger partial charge in [0.05, 0.1) is 18.8 Å². The van der Waals surface area contributed by atoms with E-state index in [4.69, 9.17) is 10.5 Å². The third kappa shape index (κ3) is 2.72. The standard InChI is InChI=1S/C19H27N3O3S/c1-9-12-6-10(19(12,2)3)7-13(9)21-18(24)22-17-15(16(20)23)11-4-5-25-8-14(11)26-17/h9-10,12-13H,4-8H2,1-3H3,(H2,20,23)(H2,21,22,24)/t9-,10?,12-,13-/m0/s1. The molecular weight excluding hydrogens is 350 g/mol. The lowest BCUT2D eigenvalue weighted by Crippen LogP contribution is -2.61. The quantitative estimate of drug-likeness (QED) is 0.755. The summed E-state index contributed by atoms with van der Waals surface area (Å²) in [6, 6.07) is -0.0651. The second-order valence-electron chi connectivity index (χ2n) is 8.54. The number of nitrogens with two attached hydrogens (primary N) is 1. The van der Waals surface area contributed by atoms with Crippen molar-refractivity contribution in [1.82, 2.24) is 5.32 Å². The lowest BCUT2D eigenvalue weighted by atomic mass is 9.45. The van der Waals surface area contributed by atoms with E-state index in [2.05, 4.69) is 31.4 Å². The van der Waals surface area contributed by atoms with Crippen molar-refractivity contribution in [3.8, 4) is 0 Å². The van der Waals surface area contributed by atoms with E-state index in [9.17, 15) is 9.59 Å². The molecule has 3 saturated carbocycles. The smallest absolute Gasteiger partial charge is 0.320 e. The van der Waals surface area contributed by atoms with E-state index < -0.39 is 5.91 Å². The number of hydrogen-bond donors (Lipinski definition) is 3. The molecule has 26 heavy (non-hydrogen) atoms. The van der Waals surface area contributed by atoms with Gasteiger partial charge in [-0.1, -0.05) is 20.8 Å². The van der Waals surface area contributed by atoms with Crippen molar-refractivity contribution in [1.29, 1.82) is 0 Å². The molecule has 0 aromatic carbocycles. The zero-order chi connectivity index (χ0) is 18.6. The highest BCUT2D eigenvalue weighted by Gasteiger charge is 2.56. The van der Waals surface area contributed by atoms with Crippen LogP contribution in [-0.4, -0.2) is 24.6 Å². The topological polar surface area (TPSA) is 93.5 Å². The first-order valence-corrected chi connectivity index (χ1v) is 10.2. The summed E-state index contributed by atoms with van der Waals surface area (Å²) < 4.78 is 5.45. The summed E-state index contributed by atoms with van der Waals surface area (Å²) >= 11 is 1.39. The zero-order valence-electron chi connectivity index (χ0n) is 15.6. The molecular formula is C19H27N3O3S. The normalized spacial score (nSPS) is 31.5. The molecule has 4 atom stereocenters. The Kier molecular flexibility index (Phi) is 4.27. The Morgan fingerprint density at radius 1 is 1.31 bits per heavy atom. The number of amides is 3. The first kappa shape index (κ1) is 17.8. The van der Waals surface area contributed by atoms with E-state index in [1.165, 1.54) is 17.8 Å². The van der Waals surface area contributed by atoms with E-state index >= 15 is 0 Å². The fraction of sp³-hybridized carbons (Fsp3) is 0.684. The molecule has 5 rings (SSSR count). The number of carbonyl (C=O) groups excluding carboxylic acids is 2. The molecule has 1 aromatic heterocycles. The van der Waals surface area contributed by atoms with Crippen molar-refractivity contribution in [2.45, 2.75) is 52.7 Å². The number of rotatable bonds is 3. The summed E-state index contributed by atoms with van der Waals surface area (Å²) in [5.41, 5.74) is 7.34. The van der Waals surface area contributed by atoms with Crippen LogP contribution in [0.1, 0.15) is 54.4 Å². The van der Waals surface area contributed by atoms with Crippen molar-refractivity contribution in [3.63, 3.8) is 0 Å². The minimum atomic E-state index is -0.492. The van der Waals surface area contributed by atoms with Crippen LogP contribution in [0.2, 0.25) is 0 Å². The molecule has 1 aromatic rings. The fourth-order valence-electron chi connectivity index (χ4n) is 5.23. The number of fused-ring (bicyclic) bond motifs is 3. The highest BCUT2D eigenvalue weighted by molar-refractivity contribution is 7.17. The summed E-state index contributed by atoms with van der Waals surface area (Å²) in [6.07, 6.45) is 2.96. The maximum Gasteiger partial charge on any atom is 0.320 e. The molecule has 3 aliphatic carbocycles. The SMILES string of the molecule is C[C@@H]1[C@@H](NC(=O)Nc2sc3c(c2C(N)=O)CCOC3)CC2C[C@@H]1C2(C)C. The molecule has 2 bridgehead atoms. The molecule has 4 aliphatic rings. The number of anilines is 1. The minimum absolute atomic E-state index is 0.182. The molecule has 2 heterocycles. The van der Waals surface area contributed by atoms with E-state index in [0.29, 0.717) is 53.4 Å². The van der Waals surface area contributed by atoms with Crippen LogP contribution in [0, 0.1) is 23.2 Å². The van der Waals surface area contributed by atoms with E-state index in [1.54, 1.807) is 0 Å². The van der Waals surface area contributed by atoms with Gasteiger partial charge in [0, 0.05) is 10.9 Å². The number of urea groups is 1. The van der Waals surface area contributed by atoms with Crippen LogP contribution in [0.5, 0.6) is 0 Å². The Hall–Kier alpha value is -1.60. The highest BCUT2D eigenvalue weighted by atomic mass is 32.1. The maximum absolute atomic E-state index is 12.6. The number of ether oxygens (including phenoxy) is 1. The Balaban J connectivity index is 1.46. The Labute approximate surface area is 157 Å². The number of primary amides is 1. The van der Waals surface area contributed by atoms with Gasteiger partial charge in [0.15, 0.2) is 0 Å². The number of hydrogen-bond acceptors (Lipinski definition) is 4. The summed E-state index contributed by atoms with van der Waals surface area (Å²) in [7, 11) is 0. The van der Waals surface area contributed by atoms with Crippen LogP contribution < -0.4 is 16.4 Å². The first-order valence-electron chi connectivity index (χ1n) is 9.38. The second-order valence-corrected chi connectivity index (χ2v) is 9.64. The number of carbonyl (C=O) groups is 2. The largest absolute Gasteiger partial charge is 0.376 e. The van der Waals surface area contributed by atoms with Crippen molar-refractivity contribution >= 4 is 28.3 Å². The predicted octanol–water partition coefficient (Wildman–Crippen LogP) is 3.11. The monoisotopic (exact) mass is 377 g/mol. The van der Waals surface area contributed by atoms with Gasteiger partial charge in [-0.15, -0.1) is 11.3 Å². The van der Waals surface area contributed by atoms with Crippen molar-refractivity contribution in [2.24, 2.45) is 28.9 Å². The predicted molar refractivity (Wildman–Crippen MR) is 101 cm³/mol. The molecule has 1 aliphatic heterocycles. The molecule has 4 N–H and O–H groups in total. The molecule has 0 saturated heterocycles.